The minimum Gasteiger partial charge on any atom is -0.331 e. The Labute approximate surface area is 80.4 Å². The Bertz CT molecular complexity index is 179. The van der Waals surface area contributed by atoms with Crippen LogP contribution >= 0.6 is 0 Å². The van der Waals surface area contributed by atoms with Crippen molar-refractivity contribution in [1.29, 1.82) is 0 Å². The summed E-state index contributed by atoms with van der Waals surface area (Å²) in [6, 6.07) is 0. The minimum atomic E-state index is -0.808. The Hall–Kier alpha value is -0.120. The van der Waals surface area contributed by atoms with Crippen molar-refractivity contribution in [3.8, 4) is 0 Å². The van der Waals surface area contributed by atoms with Gasteiger partial charge >= 0.3 is 0 Å². The number of rotatable bonds is 2. The van der Waals surface area contributed by atoms with Crippen molar-refractivity contribution < 1.29 is 14.2 Å². The van der Waals surface area contributed by atoms with E-state index in [-0.39, 0.29) is 17.4 Å². The molecule has 1 aliphatic heterocycles. The van der Waals surface area contributed by atoms with Gasteiger partial charge in [-0.3, -0.25) is 0 Å². The molecule has 0 saturated carbocycles. The van der Waals surface area contributed by atoms with Crippen LogP contribution in [0.5, 0.6) is 0 Å². The highest BCUT2D eigenvalue weighted by atomic mass is 16.9. The van der Waals surface area contributed by atoms with Gasteiger partial charge in [-0.2, -0.15) is 0 Å². The van der Waals surface area contributed by atoms with Crippen molar-refractivity contribution in [2.24, 2.45) is 11.3 Å². The summed E-state index contributed by atoms with van der Waals surface area (Å²) in [5.74, 6) is -0.541. The third-order valence-corrected chi connectivity index (χ3v) is 2.73. The van der Waals surface area contributed by atoms with Crippen LogP contribution in [0.4, 0.5) is 0 Å². The molecule has 1 rings (SSSR count). The lowest BCUT2D eigenvalue weighted by Gasteiger charge is -2.54. The Balaban J connectivity index is 2.65. The molecule has 78 valence electrons. The van der Waals surface area contributed by atoms with Crippen LogP contribution in [0.25, 0.3) is 0 Å². The van der Waals surface area contributed by atoms with Gasteiger partial charge in [-0.25, -0.2) is 0 Å². The van der Waals surface area contributed by atoms with Crippen molar-refractivity contribution in [1.82, 2.24) is 0 Å². The second-order valence-corrected chi connectivity index (χ2v) is 4.70. The van der Waals surface area contributed by atoms with E-state index < -0.39 is 5.97 Å². The molecular weight excluding hydrogens is 168 g/mol. The van der Waals surface area contributed by atoms with Gasteiger partial charge in [-0.05, 0) is 5.41 Å². The van der Waals surface area contributed by atoms with Crippen molar-refractivity contribution in [2.75, 3.05) is 14.2 Å². The third kappa shape index (κ3) is 1.60. The maximum absolute atomic E-state index is 5.66. The number of hydrogen-bond acceptors (Lipinski definition) is 3. The Kier molecular flexibility index (Phi) is 2.72. The first-order valence-corrected chi connectivity index (χ1v) is 4.65. The Morgan fingerprint density at radius 2 is 1.62 bits per heavy atom. The van der Waals surface area contributed by atoms with E-state index in [2.05, 4.69) is 27.7 Å². The third-order valence-electron chi connectivity index (χ3n) is 2.73. The van der Waals surface area contributed by atoms with Crippen molar-refractivity contribution in [3.05, 3.63) is 0 Å². The highest BCUT2D eigenvalue weighted by Crippen LogP contribution is 2.47. The second-order valence-electron chi connectivity index (χ2n) is 4.70. The van der Waals surface area contributed by atoms with Gasteiger partial charge < -0.3 is 14.2 Å². The van der Waals surface area contributed by atoms with E-state index in [1.165, 1.54) is 0 Å². The zero-order valence-corrected chi connectivity index (χ0v) is 9.38. The van der Waals surface area contributed by atoms with Crippen LogP contribution in [-0.4, -0.2) is 26.3 Å². The normalized spacial score (nSPS) is 32.8. The first-order valence-electron chi connectivity index (χ1n) is 4.65. The lowest BCUT2D eigenvalue weighted by Crippen LogP contribution is -2.64. The van der Waals surface area contributed by atoms with E-state index in [1.54, 1.807) is 14.2 Å². The van der Waals surface area contributed by atoms with Gasteiger partial charge in [0.25, 0.3) is 5.97 Å². The molecular formula is C10H20O3. The molecule has 1 saturated heterocycles. The zero-order valence-electron chi connectivity index (χ0n) is 9.38. The second kappa shape index (κ2) is 3.23. The Morgan fingerprint density at radius 1 is 1.15 bits per heavy atom. The fraction of sp³-hybridized carbons (Fsp3) is 1.00. The van der Waals surface area contributed by atoms with Gasteiger partial charge in [-0.1, -0.05) is 27.7 Å². The van der Waals surface area contributed by atoms with Gasteiger partial charge in [0.05, 0.1) is 12.0 Å². The molecule has 0 aromatic heterocycles. The van der Waals surface area contributed by atoms with Crippen LogP contribution in [0.2, 0.25) is 0 Å². The lowest BCUT2D eigenvalue weighted by atomic mass is 9.77. The smallest absolute Gasteiger partial charge is 0.287 e. The highest BCUT2D eigenvalue weighted by Gasteiger charge is 2.58. The van der Waals surface area contributed by atoms with Gasteiger partial charge in [0.15, 0.2) is 0 Å². The first-order chi connectivity index (χ1) is 5.87. The van der Waals surface area contributed by atoms with Crippen LogP contribution in [0.15, 0.2) is 0 Å². The number of hydrogen-bond donors (Lipinski definition) is 0. The molecule has 3 nitrogen and oxygen atoms in total. The molecule has 0 bridgehead atoms. The molecule has 0 unspecified atom stereocenters. The van der Waals surface area contributed by atoms with Gasteiger partial charge in [0.1, 0.15) is 0 Å². The SMILES string of the molecule is COC1(OC)O[C@@H](C(C)(C)C)[C@@H]1C. The summed E-state index contributed by atoms with van der Waals surface area (Å²) in [5, 5.41) is 0. The monoisotopic (exact) mass is 188 g/mol. The van der Waals surface area contributed by atoms with Crippen LogP contribution in [0.3, 0.4) is 0 Å². The largest absolute Gasteiger partial charge is 0.331 e. The molecule has 0 aromatic carbocycles. The molecule has 0 radical (unpaired) electrons. The van der Waals surface area contributed by atoms with Crippen LogP contribution in [0.1, 0.15) is 27.7 Å². The van der Waals surface area contributed by atoms with Crippen LogP contribution in [-0.2, 0) is 14.2 Å². The summed E-state index contributed by atoms with van der Waals surface area (Å²) < 4.78 is 16.1. The van der Waals surface area contributed by atoms with Crippen LogP contribution < -0.4 is 0 Å². The summed E-state index contributed by atoms with van der Waals surface area (Å²) >= 11 is 0. The molecule has 0 amide bonds. The van der Waals surface area contributed by atoms with Crippen molar-refractivity contribution >= 4 is 0 Å². The molecule has 1 fully saturated rings. The predicted octanol–water partition coefficient (Wildman–Crippen LogP) is 2.01. The van der Waals surface area contributed by atoms with Gasteiger partial charge in [-0.15, -0.1) is 0 Å². The lowest BCUT2D eigenvalue weighted by molar-refractivity contribution is -0.489. The van der Waals surface area contributed by atoms with Gasteiger partial charge in [0.2, 0.25) is 0 Å². The van der Waals surface area contributed by atoms with E-state index in [0.29, 0.717) is 0 Å². The molecule has 1 aliphatic rings. The van der Waals surface area contributed by atoms with E-state index in [4.69, 9.17) is 14.2 Å². The molecule has 3 heteroatoms. The number of ether oxygens (including phenoxy) is 3. The summed E-state index contributed by atoms with van der Waals surface area (Å²) in [7, 11) is 3.22. The molecule has 0 aliphatic carbocycles. The maximum Gasteiger partial charge on any atom is 0.287 e. The molecule has 13 heavy (non-hydrogen) atoms. The summed E-state index contributed by atoms with van der Waals surface area (Å²) in [6.45, 7) is 8.56. The zero-order chi connectivity index (χ0) is 10.3. The molecule has 0 N–H and O–H groups in total. The highest BCUT2D eigenvalue weighted by molar-refractivity contribution is 4.93. The quantitative estimate of drug-likeness (QED) is 0.620. The molecule has 2 atom stereocenters. The standard InChI is InChI=1S/C10H20O3/c1-7-8(9(2,3)4)13-10(7,11-5)12-6/h7-8H,1-6H3/t7-,8+/m0/s1. The fourth-order valence-electron chi connectivity index (χ4n) is 1.98. The average Bonchev–Trinajstić information content (AvgIpc) is 2.02. The topological polar surface area (TPSA) is 27.7 Å². The van der Waals surface area contributed by atoms with E-state index in [1.807, 2.05) is 0 Å². The summed E-state index contributed by atoms with van der Waals surface area (Å²) in [5.41, 5.74) is 0.139. The van der Waals surface area contributed by atoms with E-state index >= 15 is 0 Å². The summed E-state index contributed by atoms with van der Waals surface area (Å²) in [4.78, 5) is 0. The van der Waals surface area contributed by atoms with Crippen molar-refractivity contribution in [3.63, 3.8) is 0 Å². The van der Waals surface area contributed by atoms with Crippen LogP contribution in [0, 0.1) is 11.3 Å². The summed E-state index contributed by atoms with van der Waals surface area (Å²) in [6.07, 6.45) is 0.201. The average molecular weight is 188 g/mol. The van der Waals surface area contributed by atoms with Crippen molar-refractivity contribution in [2.45, 2.75) is 39.8 Å². The molecule has 1 heterocycles. The van der Waals surface area contributed by atoms with E-state index in [0.717, 1.165) is 0 Å². The molecule has 0 aromatic rings. The number of methoxy groups -OCH3 is 2. The Morgan fingerprint density at radius 3 is 1.85 bits per heavy atom. The first kappa shape index (κ1) is 11.0. The minimum absolute atomic E-state index is 0.139. The predicted molar refractivity (Wildman–Crippen MR) is 50.2 cm³/mol. The fourth-order valence-corrected chi connectivity index (χ4v) is 1.98. The molecule has 0 spiro atoms. The maximum atomic E-state index is 5.66. The van der Waals surface area contributed by atoms with Gasteiger partial charge in [0, 0.05) is 14.2 Å². The van der Waals surface area contributed by atoms with E-state index in [9.17, 15) is 0 Å².